The third-order valence-corrected chi connectivity index (χ3v) is 3.03. The minimum atomic E-state index is -0.807. The summed E-state index contributed by atoms with van der Waals surface area (Å²) in [5.74, 6) is -0.731. The Labute approximate surface area is 98.9 Å². The molecule has 0 radical (unpaired) electrons. The van der Waals surface area contributed by atoms with E-state index in [1.54, 1.807) is 23.9 Å². The first-order chi connectivity index (χ1) is 7.63. The lowest BCUT2D eigenvalue weighted by Gasteiger charge is -2.11. The Morgan fingerprint density at radius 2 is 2.31 bits per heavy atom. The molecule has 1 aromatic carbocycles. The first-order valence-corrected chi connectivity index (χ1v) is 6.49. The van der Waals surface area contributed by atoms with Gasteiger partial charge in [0, 0.05) is 0 Å². The smallest absolute Gasteiger partial charge is 0.306 e. The van der Waals surface area contributed by atoms with E-state index in [1.165, 1.54) is 12.1 Å². The number of carboxylic acid groups (broad SMARTS) is 1. The quantitative estimate of drug-likeness (QED) is 0.833. The van der Waals surface area contributed by atoms with Crippen molar-refractivity contribution in [2.45, 2.75) is 12.8 Å². The molecule has 0 aliphatic heterocycles. The fourth-order valence-electron chi connectivity index (χ4n) is 1.52. The number of hydrogen-bond acceptors (Lipinski definition) is 2. The molecule has 16 heavy (non-hydrogen) atoms. The minimum Gasteiger partial charge on any atom is -0.481 e. The summed E-state index contributed by atoms with van der Waals surface area (Å²) in [6.45, 7) is 0. The van der Waals surface area contributed by atoms with Gasteiger partial charge in [-0.1, -0.05) is 12.1 Å². The molecule has 0 saturated carbocycles. The Hall–Kier alpha value is -1.03. The van der Waals surface area contributed by atoms with Crippen LogP contribution in [0, 0.1) is 11.7 Å². The molecule has 0 amide bonds. The Morgan fingerprint density at radius 1 is 1.56 bits per heavy atom. The molecule has 0 spiro atoms. The summed E-state index contributed by atoms with van der Waals surface area (Å²) >= 11 is 1.62. The standard InChI is InChI=1S/C12H15FO2S/c1-16-6-5-10(12(14)15)7-9-3-2-4-11(13)8-9/h2-4,8,10H,5-7H2,1H3,(H,14,15). The topological polar surface area (TPSA) is 37.3 Å². The summed E-state index contributed by atoms with van der Waals surface area (Å²) in [5.41, 5.74) is 0.744. The summed E-state index contributed by atoms with van der Waals surface area (Å²) in [7, 11) is 0. The number of rotatable bonds is 6. The molecule has 1 atom stereocenters. The second-order valence-electron chi connectivity index (χ2n) is 3.65. The van der Waals surface area contributed by atoms with E-state index in [1.807, 2.05) is 6.26 Å². The first-order valence-electron chi connectivity index (χ1n) is 5.09. The van der Waals surface area contributed by atoms with Crippen LogP contribution in [0.3, 0.4) is 0 Å². The van der Waals surface area contributed by atoms with Crippen LogP contribution in [0.2, 0.25) is 0 Å². The molecule has 88 valence electrons. The summed E-state index contributed by atoms with van der Waals surface area (Å²) < 4.78 is 12.9. The maximum Gasteiger partial charge on any atom is 0.306 e. The van der Waals surface area contributed by atoms with Gasteiger partial charge in [-0.05, 0) is 42.5 Å². The largest absolute Gasteiger partial charge is 0.481 e. The number of carbonyl (C=O) groups is 1. The van der Waals surface area contributed by atoms with Crippen LogP contribution in [0.25, 0.3) is 0 Å². The average Bonchev–Trinajstić information content (AvgIpc) is 2.24. The zero-order chi connectivity index (χ0) is 12.0. The van der Waals surface area contributed by atoms with E-state index in [0.717, 1.165) is 11.3 Å². The summed E-state index contributed by atoms with van der Waals surface area (Å²) in [6.07, 6.45) is 2.96. The van der Waals surface area contributed by atoms with E-state index in [2.05, 4.69) is 0 Å². The van der Waals surface area contributed by atoms with Crippen molar-refractivity contribution in [1.82, 2.24) is 0 Å². The number of benzene rings is 1. The van der Waals surface area contributed by atoms with Crippen LogP contribution < -0.4 is 0 Å². The molecular weight excluding hydrogens is 227 g/mol. The number of aliphatic carboxylic acids is 1. The summed E-state index contributed by atoms with van der Waals surface area (Å²) in [5, 5.41) is 9.03. The fourth-order valence-corrected chi connectivity index (χ4v) is 2.04. The van der Waals surface area contributed by atoms with Crippen LogP contribution in [-0.4, -0.2) is 23.1 Å². The molecule has 1 unspecified atom stereocenters. The molecule has 0 saturated heterocycles. The molecule has 0 aliphatic carbocycles. The van der Waals surface area contributed by atoms with Crippen molar-refractivity contribution >= 4 is 17.7 Å². The SMILES string of the molecule is CSCCC(Cc1cccc(F)c1)C(=O)O. The number of hydrogen-bond donors (Lipinski definition) is 1. The molecule has 4 heteroatoms. The van der Waals surface area contributed by atoms with Crippen LogP contribution >= 0.6 is 11.8 Å². The predicted octanol–water partition coefficient (Wildman–Crippen LogP) is 2.82. The highest BCUT2D eigenvalue weighted by atomic mass is 32.2. The molecule has 1 N–H and O–H groups in total. The monoisotopic (exact) mass is 242 g/mol. The molecule has 1 rings (SSSR count). The fraction of sp³-hybridized carbons (Fsp3) is 0.417. The van der Waals surface area contributed by atoms with Crippen LogP contribution in [0.1, 0.15) is 12.0 Å². The minimum absolute atomic E-state index is 0.313. The third kappa shape index (κ3) is 4.23. The van der Waals surface area contributed by atoms with E-state index in [-0.39, 0.29) is 5.82 Å². The van der Waals surface area contributed by atoms with Crippen molar-refractivity contribution in [2.24, 2.45) is 5.92 Å². The molecular formula is C12H15FO2S. The van der Waals surface area contributed by atoms with Gasteiger partial charge < -0.3 is 5.11 Å². The average molecular weight is 242 g/mol. The Balaban J connectivity index is 2.64. The number of thioether (sulfide) groups is 1. The van der Waals surface area contributed by atoms with Crippen LogP contribution in [0.5, 0.6) is 0 Å². The predicted molar refractivity (Wildman–Crippen MR) is 64.2 cm³/mol. The summed E-state index contributed by atoms with van der Waals surface area (Å²) in [6, 6.07) is 6.13. The van der Waals surface area contributed by atoms with Crippen LogP contribution in [0.4, 0.5) is 4.39 Å². The van der Waals surface area contributed by atoms with E-state index >= 15 is 0 Å². The van der Waals surface area contributed by atoms with Crippen molar-refractivity contribution in [3.05, 3.63) is 35.6 Å². The van der Waals surface area contributed by atoms with Crippen molar-refractivity contribution < 1.29 is 14.3 Å². The lowest BCUT2D eigenvalue weighted by atomic mass is 9.97. The van der Waals surface area contributed by atoms with E-state index in [9.17, 15) is 9.18 Å². The van der Waals surface area contributed by atoms with E-state index < -0.39 is 11.9 Å². The maximum absolute atomic E-state index is 12.9. The maximum atomic E-state index is 12.9. The number of carboxylic acids is 1. The normalized spacial score (nSPS) is 12.4. The van der Waals surface area contributed by atoms with Crippen LogP contribution in [-0.2, 0) is 11.2 Å². The van der Waals surface area contributed by atoms with Gasteiger partial charge in [0.05, 0.1) is 5.92 Å². The highest BCUT2D eigenvalue weighted by Gasteiger charge is 2.17. The van der Waals surface area contributed by atoms with Gasteiger partial charge >= 0.3 is 5.97 Å². The van der Waals surface area contributed by atoms with Crippen molar-refractivity contribution in [1.29, 1.82) is 0 Å². The second kappa shape index (κ2) is 6.53. The first kappa shape index (κ1) is 13.0. The molecule has 0 bridgehead atoms. The molecule has 0 aromatic heterocycles. The second-order valence-corrected chi connectivity index (χ2v) is 4.64. The van der Waals surface area contributed by atoms with Gasteiger partial charge in [0.25, 0.3) is 0 Å². The van der Waals surface area contributed by atoms with Crippen molar-refractivity contribution in [3.8, 4) is 0 Å². The van der Waals surface area contributed by atoms with Gasteiger partial charge in [-0.25, -0.2) is 4.39 Å². The summed E-state index contributed by atoms with van der Waals surface area (Å²) in [4.78, 5) is 11.0. The number of halogens is 1. The van der Waals surface area contributed by atoms with Crippen LogP contribution in [0.15, 0.2) is 24.3 Å². The molecule has 2 nitrogen and oxygen atoms in total. The highest BCUT2D eigenvalue weighted by molar-refractivity contribution is 7.98. The molecule has 0 aliphatic rings. The van der Waals surface area contributed by atoms with Crippen molar-refractivity contribution in [2.75, 3.05) is 12.0 Å². The Kier molecular flexibility index (Phi) is 5.32. The van der Waals surface area contributed by atoms with Gasteiger partial charge in [0.15, 0.2) is 0 Å². The zero-order valence-corrected chi connectivity index (χ0v) is 9.97. The molecule has 1 aromatic rings. The zero-order valence-electron chi connectivity index (χ0n) is 9.15. The van der Waals surface area contributed by atoms with E-state index in [4.69, 9.17) is 5.11 Å². The van der Waals surface area contributed by atoms with Gasteiger partial charge in [0.2, 0.25) is 0 Å². The van der Waals surface area contributed by atoms with Gasteiger partial charge in [-0.15, -0.1) is 0 Å². The third-order valence-electron chi connectivity index (χ3n) is 2.39. The lowest BCUT2D eigenvalue weighted by molar-refractivity contribution is -0.141. The van der Waals surface area contributed by atoms with Gasteiger partial charge in [0.1, 0.15) is 5.82 Å². The van der Waals surface area contributed by atoms with Gasteiger partial charge in [-0.2, -0.15) is 11.8 Å². The Morgan fingerprint density at radius 3 is 2.88 bits per heavy atom. The highest BCUT2D eigenvalue weighted by Crippen LogP contribution is 2.15. The molecule has 0 fully saturated rings. The molecule has 0 heterocycles. The van der Waals surface area contributed by atoms with E-state index in [0.29, 0.717) is 12.8 Å². The Bertz CT molecular complexity index is 355. The van der Waals surface area contributed by atoms with Crippen molar-refractivity contribution in [3.63, 3.8) is 0 Å². The van der Waals surface area contributed by atoms with Gasteiger partial charge in [-0.3, -0.25) is 4.79 Å². The lowest BCUT2D eigenvalue weighted by Crippen LogP contribution is -2.17.